The first-order valence-corrected chi connectivity index (χ1v) is 7.79. The van der Waals surface area contributed by atoms with Crippen LogP contribution in [-0.4, -0.2) is 42.0 Å². The molecule has 2 heterocycles. The minimum absolute atomic E-state index is 0.367. The number of hydrogen-bond donors (Lipinski definition) is 1. The van der Waals surface area contributed by atoms with E-state index in [0.29, 0.717) is 11.6 Å². The summed E-state index contributed by atoms with van der Waals surface area (Å²) in [7, 11) is 3.88. The van der Waals surface area contributed by atoms with Crippen molar-refractivity contribution in [2.24, 2.45) is 12.8 Å². The summed E-state index contributed by atoms with van der Waals surface area (Å²) >= 11 is 0. The zero-order valence-electron chi connectivity index (χ0n) is 13.5. The first kappa shape index (κ1) is 15.6. The molecule has 1 amide bonds. The first-order valence-electron chi connectivity index (χ1n) is 7.79. The Balaban J connectivity index is 1.95. The van der Waals surface area contributed by atoms with Crippen molar-refractivity contribution in [1.82, 2.24) is 9.78 Å². The number of primary amides is 1. The van der Waals surface area contributed by atoms with Crippen molar-refractivity contribution >= 4 is 11.6 Å². The van der Waals surface area contributed by atoms with Crippen LogP contribution in [-0.2, 0) is 11.8 Å². The van der Waals surface area contributed by atoms with Gasteiger partial charge in [0.15, 0.2) is 0 Å². The van der Waals surface area contributed by atoms with Crippen LogP contribution < -0.4 is 10.6 Å². The highest BCUT2D eigenvalue weighted by Gasteiger charge is 2.22. The summed E-state index contributed by atoms with van der Waals surface area (Å²) in [5, 5.41) is 4.17. The summed E-state index contributed by atoms with van der Waals surface area (Å²) in [5.41, 5.74) is 8.95. The number of hydrogen-bond acceptors (Lipinski definition) is 4. The minimum atomic E-state index is -0.412. The van der Waals surface area contributed by atoms with Crippen LogP contribution in [0.15, 0.2) is 30.6 Å². The van der Waals surface area contributed by atoms with Gasteiger partial charge in [0.05, 0.1) is 11.8 Å². The molecule has 122 valence electrons. The van der Waals surface area contributed by atoms with Crippen LogP contribution in [0.5, 0.6) is 0 Å². The fourth-order valence-corrected chi connectivity index (χ4v) is 3.06. The van der Waals surface area contributed by atoms with Gasteiger partial charge in [-0.1, -0.05) is 6.07 Å². The van der Waals surface area contributed by atoms with Gasteiger partial charge in [0.25, 0.3) is 5.91 Å². The molecule has 0 aliphatic carbocycles. The van der Waals surface area contributed by atoms with Crippen molar-refractivity contribution in [3.05, 3.63) is 36.2 Å². The van der Waals surface area contributed by atoms with Gasteiger partial charge in [0.2, 0.25) is 0 Å². The van der Waals surface area contributed by atoms with E-state index >= 15 is 0 Å². The number of aromatic nitrogens is 2. The third-order valence-electron chi connectivity index (χ3n) is 4.42. The maximum Gasteiger partial charge on any atom is 0.250 e. The lowest BCUT2D eigenvalue weighted by Gasteiger charge is -2.34. The SMILES string of the molecule is CN(c1ccc(-c2cnn(C)c2)cc1C(N)=O)C1CCOCC1. The lowest BCUT2D eigenvalue weighted by molar-refractivity contribution is 0.0854. The van der Waals surface area contributed by atoms with E-state index in [1.54, 1.807) is 10.9 Å². The molecule has 3 rings (SSSR count). The van der Waals surface area contributed by atoms with Gasteiger partial charge >= 0.3 is 0 Å². The summed E-state index contributed by atoms with van der Waals surface area (Å²) in [6, 6.07) is 6.20. The molecule has 0 saturated carbocycles. The van der Waals surface area contributed by atoms with Gasteiger partial charge < -0.3 is 15.4 Å². The van der Waals surface area contributed by atoms with E-state index in [2.05, 4.69) is 10.00 Å². The number of ether oxygens (including phenoxy) is 1. The number of nitrogens with two attached hydrogens (primary N) is 1. The Morgan fingerprint density at radius 3 is 2.70 bits per heavy atom. The van der Waals surface area contributed by atoms with Gasteiger partial charge in [-0.15, -0.1) is 0 Å². The average molecular weight is 314 g/mol. The van der Waals surface area contributed by atoms with E-state index in [4.69, 9.17) is 10.5 Å². The van der Waals surface area contributed by atoms with E-state index in [9.17, 15) is 4.79 Å². The molecule has 0 bridgehead atoms. The van der Waals surface area contributed by atoms with E-state index < -0.39 is 5.91 Å². The fraction of sp³-hybridized carbons (Fsp3) is 0.412. The van der Waals surface area contributed by atoms with Gasteiger partial charge in [0, 0.05) is 50.8 Å². The smallest absolute Gasteiger partial charge is 0.250 e. The molecule has 1 saturated heterocycles. The summed E-state index contributed by atoms with van der Waals surface area (Å²) in [4.78, 5) is 14.1. The maximum atomic E-state index is 11.9. The lowest BCUT2D eigenvalue weighted by atomic mass is 10.0. The predicted octanol–water partition coefficient (Wildman–Crippen LogP) is 1.80. The fourth-order valence-electron chi connectivity index (χ4n) is 3.06. The predicted molar refractivity (Wildman–Crippen MR) is 89.4 cm³/mol. The standard InChI is InChI=1S/C17H22N4O2/c1-20-11-13(10-19-20)12-3-4-16(15(9-12)17(18)22)21(2)14-5-7-23-8-6-14/h3-4,9-11,14H,5-8H2,1-2H3,(H2,18,22). The number of aryl methyl sites for hydroxylation is 1. The van der Waals surface area contributed by atoms with E-state index in [-0.39, 0.29) is 0 Å². The third-order valence-corrected chi connectivity index (χ3v) is 4.42. The number of carbonyl (C=O) groups is 1. The van der Waals surface area contributed by atoms with E-state index in [1.807, 2.05) is 38.5 Å². The number of benzene rings is 1. The number of anilines is 1. The van der Waals surface area contributed by atoms with E-state index in [1.165, 1.54) is 0 Å². The average Bonchev–Trinajstić information content (AvgIpc) is 3.01. The highest BCUT2D eigenvalue weighted by Crippen LogP contribution is 2.29. The van der Waals surface area contributed by atoms with Crippen molar-refractivity contribution in [2.45, 2.75) is 18.9 Å². The Morgan fingerprint density at radius 2 is 2.09 bits per heavy atom. The number of carbonyl (C=O) groups excluding carboxylic acids is 1. The van der Waals surface area contributed by atoms with Crippen molar-refractivity contribution < 1.29 is 9.53 Å². The summed E-state index contributed by atoms with van der Waals surface area (Å²) in [5.74, 6) is -0.412. The molecular weight excluding hydrogens is 292 g/mol. The molecule has 1 fully saturated rings. The Labute approximate surface area is 135 Å². The van der Waals surface area contributed by atoms with Crippen molar-refractivity contribution in [2.75, 3.05) is 25.2 Å². The first-order chi connectivity index (χ1) is 11.1. The Kier molecular flexibility index (Phi) is 4.34. The van der Waals surface area contributed by atoms with Crippen molar-refractivity contribution in [3.63, 3.8) is 0 Å². The van der Waals surface area contributed by atoms with Crippen LogP contribution in [0.1, 0.15) is 23.2 Å². The summed E-state index contributed by atoms with van der Waals surface area (Å²) in [6.07, 6.45) is 5.61. The molecule has 0 radical (unpaired) electrons. The van der Waals surface area contributed by atoms with E-state index in [0.717, 1.165) is 42.9 Å². The van der Waals surface area contributed by atoms with Crippen LogP contribution in [0.3, 0.4) is 0 Å². The number of amides is 1. The van der Waals surface area contributed by atoms with Crippen LogP contribution in [0.4, 0.5) is 5.69 Å². The topological polar surface area (TPSA) is 73.4 Å². The molecule has 6 nitrogen and oxygen atoms in total. The van der Waals surface area contributed by atoms with Gasteiger partial charge in [0.1, 0.15) is 0 Å². The monoisotopic (exact) mass is 314 g/mol. The summed E-state index contributed by atoms with van der Waals surface area (Å²) in [6.45, 7) is 1.52. The Bertz CT molecular complexity index is 704. The molecule has 1 aromatic heterocycles. The summed E-state index contributed by atoms with van der Waals surface area (Å²) < 4.78 is 7.15. The molecule has 23 heavy (non-hydrogen) atoms. The minimum Gasteiger partial charge on any atom is -0.381 e. The molecule has 2 N–H and O–H groups in total. The lowest BCUT2D eigenvalue weighted by Crippen LogP contribution is -2.37. The molecular formula is C17H22N4O2. The molecule has 1 aromatic carbocycles. The van der Waals surface area contributed by atoms with Gasteiger partial charge in [-0.2, -0.15) is 5.10 Å². The maximum absolute atomic E-state index is 11.9. The van der Waals surface area contributed by atoms with Gasteiger partial charge in [-0.05, 0) is 30.5 Å². The van der Waals surface area contributed by atoms with Crippen LogP contribution >= 0.6 is 0 Å². The normalized spacial score (nSPS) is 15.6. The molecule has 6 heteroatoms. The second-order valence-corrected chi connectivity index (χ2v) is 5.95. The third kappa shape index (κ3) is 3.22. The highest BCUT2D eigenvalue weighted by atomic mass is 16.5. The van der Waals surface area contributed by atoms with Crippen LogP contribution in [0.25, 0.3) is 11.1 Å². The number of nitrogens with zero attached hydrogens (tertiary/aromatic N) is 3. The Morgan fingerprint density at radius 1 is 1.35 bits per heavy atom. The molecule has 0 spiro atoms. The van der Waals surface area contributed by atoms with Crippen LogP contribution in [0, 0.1) is 0 Å². The zero-order valence-corrected chi connectivity index (χ0v) is 13.5. The Hall–Kier alpha value is -2.34. The molecule has 0 unspecified atom stereocenters. The van der Waals surface area contributed by atoms with Crippen LogP contribution in [0.2, 0.25) is 0 Å². The zero-order chi connectivity index (χ0) is 16.4. The van der Waals surface area contributed by atoms with Gasteiger partial charge in [-0.25, -0.2) is 0 Å². The van der Waals surface area contributed by atoms with Gasteiger partial charge in [-0.3, -0.25) is 9.48 Å². The van der Waals surface area contributed by atoms with Crippen molar-refractivity contribution in [1.29, 1.82) is 0 Å². The second-order valence-electron chi connectivity index (χ2n) is 5.95. The molecule has 1 aliphatic rings. The largest absolute Gasteiger partial charge is 0.381 e. The highest BCUT2D eigenvalue weighted by molar-refractivity contribution is 6.00. The molecule has 1 aliphatic heterocycles. The number of rotatable bonds is 4. The molecule has 0 atom stereocenters. The quantitative estimate of drug-likeness (QED) is 0.934. The molecule has 2 aromatic rings. The second kappa shape index (κ2) is 6.42. The van der Waals surface area contributed by atoms with Crippen molar-refractivity contribution in [3.8, 4) is 11.1 Å².